The Labute approximate surface area is 173 Å². The van der Waals surface area contributed by atoms with Crippen LogP contribution in [0.1, 0.15) is 36.0 Å². The highest BCUT2D eigenvalue weighted by molar-refractivity contribution is 5.98. The molecule has 2 heterocycles. The van der Waals surface area contributed by atoms with Crippen LogP contribution < -0.4 is 22.1 Å². The van der Waals surface area contributed by atoms with Gasteiger partial charge in [-0.05, 0) is 43.2 Å². The zero-order valence-electron chi connectivity index (χ0n) is 16.4. The molecule has 30 heavy (non-hydrogen) atoms. The van der Waals surface area contributed by atoms with Crippen LogP contribution in [0.2, 0.25) is 0 Å². The fourth-order valence-electron chi connectivity index (χ4n) is 3.65. The number of benzene rings is 1. The van der Waals surface area contributed by atoms with E-state index in [4.69, 9.17) is 11.5 Å². The topological polar surface area (TPSA) is 124 Å². The van der Waals surface area contributed by atoms with Crippen molar-refractivity contribution >= 4 is 23.2 Å². The quantitative estimate of drug-likeness (QED) is 0.496. The van der Waals surface area contributed by atoms with E-state index in [1.807, 2.05) is 35.0 Å². The number of hydrogen-bond acceptors (Lipinski definition) is 6. The Hall–Kier alpha value is -3.46. The van der Waals surface area contributed by atoms with Crippen LogP contribution in [0, 0.1) is 5.82 Å². The lowest BCUT2D eigenvalue weighted by Crippen LogP contribution is -2.43. The molecule has 1 aliphatic carbocycles. The minimum Gasteiger partial charge on any atom is -0.365 e. The molecule has 1 fully saturated rings. The van der Waals surface area contributed by atoms with Gasteiger partial charge in [-0.15, -0.1) is 0 Å². The Kier molecular flexibility index (Phi) is 5.62. The van der Waals surface area contributed by atoms with E-state index < -0.39 is 11.7 Å². The maximum Gasteiger partial charge on any atom is 0.252 e. The number of halogens is 1. The molecular formula is C21H24FN7O. The molecule has 6 N–H and O–H groups in total. The Morgan fingerprint density at radius 2 is 1.93 bits per heavy atom. The fourth-order valence-corrected chi connectivity index (χ4v) is 3.65. The molecule has 0 aliphatic heterocycles. The van der Waals surface area contributed by atoms with Crippen molar-refractivity contribution < 1.29 is 9.18 Å². The second kappa shape index (κ2) is 8.50. The Morgan fingerprint density at radius 1 is 1.17 bits per heavy atom. The van der Waals surface area contributed by atoms with Gasteiger partial charge < -0.3 is 26.7 Å². The van der Waals surface area contributed by atoms with E-state index in [0.717, 1.165) is 37.4 Å². The zero-order chi connectivity index (χ0) is 21.1. The number of pyridine rings is 1. The smallest absolute Gasteiger partial charge is 0.252 e. The highest BCUT2D eigenvalue weighted by Gasteiger charge is 2.24. The Balaban J connectivity index is 1.60. The van der Waals surface area contributed by atoms with Gasteiger partial charge in [-0.2, -0.15) is 0 Å². The normalized spacial score (nSPS) is 18.7. The maximum atomic E-state index is 14.6. The SMILES string of the molecule is NC(=O)c1cc(F)c(N[C@@H]2CCCC[C@@H]2N)nc1Nc1ccc(-n2ccnc2)cc1. The summed E-state index contributed by atoms with van der Waals surface area (Å²) in [5.74, 6) is -1.16. The van der Waals surface area contributed by atoms with E-state index in [2.05, 4.69) is 20.6 Å². The molecule has 9 heteroatoms. The summed E-state index contributed by atoms with van der Waals surface area (Å²) in [4.78, 5) is 20.2. The number of hydrogen-bond donors (Lipinski definition) is 4. The Bertz CT molecular complexity index is 1020. The summed E-state index contributed by atoms with van der Waals surface area (Å²) in [6.45, 7) is 0. The van der Waals surface area contributed by atoms with Crippen LogP contribution in [0.5, 0.6) is 0 Å². The first-order valence-corrected chi connectivity index (χ1v) is 9.89. The van der Waals surface area contributed by atoms with Crippen molar-refractivity contribution in [3.63, 3.8) is 0 Å². The molecule has 8 nitrogen and oxygen atoms in total. The molecule has 0 bridgehead atoms. The number of carbonyl (C=O) groups is 1. The van der Waals surface area contributed by atoms with Gasteiger partial charge in [-0.1, -0.05) is 12.8 Å². The molecule has 1 aliphatic rings. The van der Waals surface area contributed by atoms with Gasteiger partial charge in [0, 0.05) is 35.9 Å². The zero-order valence-corrected chi connectivity index (χ0v) is 16.4. The summed E-state index contributed by atoms with van der Waals surface area (Å²) in [6.07, 6.45) is 9.05. The molecular weight excluding hydrogens is 385 g/mol. The lowest BCUT2D eigenvalue weighted by Gasteiger charge is -2.30. The molecule has 1 saturated carbocycles. The number of nitrogens with one attached hydrogen (secondary N) is 2. The molecule has 0 spiro atoms. The summed E-state index contributed by atoms with van der Waals surface area (Å²) in [7, 11) is 0. The van der Waals surface area contributed by atoms with Crippen molar-refractivity contribution in [1.82, 2.24) is 14.5 Å². The summed E-state index contributed by atoms with van der Waals surface area (Å²) < 4.78 is 16.5. The highest BCUT2D eigenvalue weighted by Crippen LogP contribution is 2.27. The molecule has 4 rings (SSSR count). The van der Waals surface area contributed by atoms with E-state index in [1.54, 1.807) is 12.5 Å². The van der Waals surface area contributed by atoms with Crippen LogP contribution in [-0.4, -0.2) is 32.5 Å². The van der Waals surface area contributed by atoms with Crippen molar-refractivity contribution in [2.24, 2.45) is 11.5 Å². The van der Waals surface area contributed by atoms with E-state index in [-0.39, 0.29) is 29.3 Å². The van der Waals surface area contributed by atoms with Crippen LogP contribution in [0.3, 0.4) is 0 Å². The Morgan fingerprint density at radius 3 is 2.60 bits per heavy atom. The standard InChI is InChI=1S/C21H24FN7O/c22-16-11-15(19(24)30)20(28-21(16)27-18-4-2-1-3-17(18)23)26-13-5-7-14(8-6-13)29-10-9-25-12-29/h5-12,17-18H,1-4,23H2,(H2,24,30)(H2,26,27,28)/t17-,18+/m0/s1. The number of carbonyl (C=O) groups excluding carboxylic acids is 1. The van der Waals surface area contributed by atoms with Gasteiger partial charge in [-0.25, -0.2) is 14.4 Å². The van der Waals surface area contributed by atoms with Crippen molar-refractivity contribution in [3.05, 3.63) is 60.4 Å². The van der Waals surface area contributed by atoms with E-state index in [1.165, 1.54) is 0 Å². The molecule has 3 aromatic rings. The number of rotatable bonds is 6. The second-order valence-corrected chi connectivity index (χ2v) is 7.42. The summed E-state index contributed by atoms with van der Waals surface area (Å²) >= 11 is 0. The summed E-state index contributed by atoms with van der Waals surface area (Å²) in [5.41, 5.74) is 13.2. The van der Waals surface area contributed by atoms with Crippen LogP contribution in [-0.2, 0) is 0 Å². The minimum atomic E-state index is -0.764. The number of imidazole rings is 1. The molecule has 1 amide bonds. The number of nitrogens with zero attached hydrogens (tertiary/aromatic N) is 3. The maximum absolute atomic E-state index is 14.6. The first-order chi connectivity index (χ1) is 14.5. The molecule has 0 radical (unpaired) electrons. The summed E-state index contributed by atoms with van der Waals surface area (Å²) in [6, 6.07) is 8.40. The van der Waals surface area contributed by atoms with E-state index >= 15 is 0 Å². The molecule has 0 saturated heterocycles. The molecule has 1 aromatic carbocycles. The van der Waals surface area contributed by atoms with Gasteiger partial charge in [0.2, 0.25) is 0 Å². The third-order valence-electron chi connectivity index (χ3n) is 5.32. The number of primary amides is 1. The van der Waals surface area contributed by atoms with Crippen molar-refractivity contribution in [2.45, 2.75) is 37.8 Å². The minimum absolute atomic E-state index is 0.0234. The summed E-state index contributed by atoms with van der Waals surface area (Å²) in [5, 5.41) is 6.17. The number of amides is 1. The van der Waals surface area contributed by atoms with Crippen molar-refractivity contribution in [1.29, 1.82) is 0 Å². The van der Waals surface area contributed by atoms with Gasteiger partial charge in [0.25, 0.3) is 5.91 Å². The van der Waals surface area contributed by atoms with Crippen molar-refractivity contribution in [2.75, 3.05) is 10.6 Å². The van der Waals surface area contributed by atoms with E-state index in [0.29, 0.717) is 5.69 Å². The van der Waals surface area contributed by atoms with Gasteiger partial charge in [0.15, 0.2) is 11.6 Å². The number of aromatic nitrogens is 3. The van der Waals surface area contributed by atoms with Gasteiger partial charge in [0.05, 0.1) is 11.9 Å². The third kappa shape index (κ3) is 4.25. The first kappa shape index (κ1) is 19.8. The first-order valence-electron chi connectivity index (χ1n) is 9.89. The molecule has 2 atom stereocenters. The van der Waals surface area contributed by atoms with E-state index in [9.17, 15) is 9.18 Å². The number of anilines is 3. The van der Waals surface area contributed by atoms with Gasteiger partial charge in [0.1, 0.15) is 5.82 Å². The van der Waals surface area contributed by atoms with Crippen LogP contribution in [0.4, 0.5) is 21.7 Å². The molecule has 156 valence electrons. The van der Waals surface area contributed by atoms with Gasteiger partial charge >= 0.3 is 0 Å². The van der Waals surface area contributed by atoms with Gasteiger partial charge in [-0.3, -0.25) is 4.79 Å². The van der Waals surface area contributed by atoms with Crippen LogP contribution >= 0.6 is 0 Å². The number of nitrogens with two attached hydrogens (primary N) is 2. The molecule has 0 unspecified atom stereocenters. The lowest BCUT2D eigenvalue weighted by atomic mass is 9.91. The van der Waals surface area contributed by atoms with Crippen LogP contribution in [0.25, 0.3) is 5.69 Å². The fraction of sp³-hybridized carbons (Fsp3) is 0.286. The average Bonchev–Trinajstić information content (AvgIpc) is 3.27. The second-order valence-electron chi connectivity index (χ2n) is 7.42. The molecule has 2 aromatic heterocycles. The predicted octanol–water partition coefficient (Wildman–Crippen LogP) is 2.93. The van der Waals surface area contributed by atoms with Crippen LogP contribution in [0.15, 0.2) is 49.1 Å². The average molecular weight is 409 g/mol. The van der Waals surface area contributed by atoms with Crippen molar-refractivity contribution in [3.8, 4) is 5.69 Å². The lowest BCUT2D eigenvalue weighted by molar-refractivity contribution is 0.100. The highest BCUT2D eigenvalue weighted by atomic mass is 19.1. The predicted molar refractivity (Wildman–Crippen MR) is 113 cm³/mol. The monoisotopic (exact) mass is 409 g/mol. The largest absolute Gasteiger partial charge is 0.365 e. The third-order valence-corrected chi connectivity index (χ3v) is 5.32.